The van der Waals surface area contributed by atoms with Crippen LogP contribution < -0.4 is 5.32 Å². The van der Waals surface area contributed by atoms with E-state index in [1.165, 1.54) is 9.80 Å². The third kappa shape index (κ3) is 6.35. The van der Waals surface area contributed by atoms with E-state index in [0.717, 1.165) is 48.2 Å². The maximum absolute atomic E-state index is 13.5. The molecule has 1 N–H and O–H groups in total. The molecule has 2 heterocycles. The van der Waals surface area contributed by atoms with Crippen molar-refractivity contribution in [1.29, 1.82) is 0 Å². The fraction of sp³-hybridized carbons (Fsp3) is 0.531. The van der Waals surface area contributed by atoms with Gasteiger partial charge in [-0.15, -0.1) is 0 Å². The molecular weight excluding hydrogens is 520 g/mol. The Labute approximate surface area is 242 Å². The Morgan fingerprint density at radius 2 is 1.59 bits per heavy atom. The number of rotatable bonds is 6. The van der Waals surface area contributed by atoms with Crippen molar-refractivity contribution in [3.63, 3.8) is 0 Å². The molecule has 3 amide bonds. The van der Waals surface area contributed by atoms with Crippen LogP contribution in [-0.4, -0.2) is 96.4 Å². The fourth-order valence-electron chi connectivity index (χ4n) is 6.27. The number of hydrogen-bond acceptors (Lipinski definition) is 6. The van der Waals surface area contributed by atoms with E-state index < -0.39 is 23.8 Å². The van der Waals surface area contributed by atoms with Crippen LogP contribution in [0.1, 0.15) is 57.6 Å². The number of carbonyl (C=O) groups is 3. The van der Waals surface area contributed by atoms with Crippen LogP contribution in [0.2, 0.25) is 0 Å². The monoisotopic (exact) mass is 562 g/mol. The summed E-state index contributed by atoms with van der Waals surface area (Å²) in [5.74, 6) is -0.362. The lowest BCUT2D eigenvalue weighted by Crippen LogP contribution is -2.62. The third-order valence-corrected chi connectivity index (χ3v) is 8.32. The minimum atomic E-state index is -0.872. The van der Waals surface area contributed by atoms with E-state index >= 15 is 0 Å². The molecule has 2 atom stereocenters. The highest BCUT2D eigenvalue weighted by molar-refractivity contribution is 5.87. The standard InChI is InChI=1S/C32H42N4O5/c1-5-34-16-10-11-22(34)19-33-29(37)28-20-35(30(38)41-32(2,3)4)17-18-36(28)31(39)40-21-27-25-14-8-6-12-23(25)24-13-7-9-15-26(24)27/h6-9,12-15,22,27-28H,5,10-11,16-21H2,1-4H3,(H,33,37). The van der Waals surface area contributed by atoms with Crippen molar-refractivity contribution in [2.45, 2.75) is 64.1 Å². The number of likely N-dealkylation sites (tertiary alicyclic amines) is 1. The molecule has 2 saturated heterocycles. The minimum absolute atomic E-state index is 0.0487. The van der Waals surface area contributed by atoms with E-state index in [-0.39, 0.29) is 44.1 Å². The van der Waals surface area contributed by atoms with Crippen LogP contribution in [0.5, 0.6) is 0 Å². The van der Waals surface area contributed by atoms with E-state index in [0.29, 0.717) is 6.54 Å². The van der Waals surface area contributed by atoms with Crippen LogP contribution in [0.25, 0.3) is 11.1 Å². The second kappa shape index (κ2) is 12.1. The summed E-state index contributed by atoms with van der Waals surface area (Å²) in [6.45, 7) is 10.7. The van der Waals surface area contributed by atoms with Crippen molar-refractivity contribution in [2.75, 3.05) is 45.9 Å². The summed E-state index contributed by atoms with van der Waals surface area (Å²) in [6.07, 6.45) is 1.09. The zero-order chi connectivity index (χ0) is 29.1. The maximum atomic E-state index is 13.5. The van der Waals surface area contributed by atoms with Crippen LogP contribution in [0, 0.1) is 0 Å². The summed E-state index contributed by atoms with van der Waals surface area (Å²) in [4.78, 5) is 45.3. The number of benzene rings is 2. The molecule has 0 radical (unpaired) electrons. The van der Waals surface area contributed by atoms with E-state index in [1.54, 1.807) is 0 Å². The summed E-state index contributed by atoms with van der Waals surface area (Å²) < 4.78 is 11.5. The number of nitrogens with zero attached hydrogens (tertiary/aromatic N) is 3. The van der Waals surface area contributed by atoms with Gasteiger partial charge in [0, 0.05) is 31.6 Å². The molecule has 2 aromatic carbocycles. The second-order valence-corrected chi connectivity index (χ2v) is 12.1. The summed E-state index contributed by atoms with van der Waals surface area (Å²) >= 11 is 0. The number of likely N-dealkylation sites (N-methyl/N-ethyl adjacent to an activating group) is 1. The lowest BCUT2D eigenvalue weighted by atomic mass is 9.98. The van der Waals surface area contributed by atoms with Crippen molar-refractivity contribution in [3.8, 4) is 11.1 Å². The van der Waals surface area contributed by atoms with Gasteiger partial charge in [-0.1, -0.05) is 55.5 Å². The van der Waals surface area contributed by atoms with Gasteiger partial charge >= 0.3 is 12.2 Å². The number of nitrogens with one attached hydrogen (secondary N) is 1. The van der Waals surface area contributed by atoms with Gasteiger partial charge in [0.15, 0.2) is 0 Å². The van der Waals surface area contributed by atoms with Crippen LogP contribution in [0.15, 0.2) is 48.5 Å². The molecule has 9 heteroatoms. The van der Waals surface area contributed by atoms with Gasteiger partial charge in [0.05, 0.1) is 6.54 Å². The average molecular weight is 563 g/mol. The molecule has 2 unspecified atom stereocenters. The highest BCUT2D eigenvalue weighted by Crippen LogP contribution is 2.44. The molecule has 0 saturated carbocycles. The second-order valence-electron chi connectivity index (χ2n) is 12.1. The van der Waals surface area contributed by atoms with Crippen molar-refractivity contribution in [3.05, 3.63) is 59.7 Å². The summed E-state index contributed by atoms with van der Waals surface area (Å²) in [5.41, 5.74) is 3.90. The van der Waals surface area contributed by atoms with Crippen molar-refractivity contribution >= 4 is 18.1 Å². The van der Waals surface area contributed by atoms with E-state index in [9.17, 15) is 14.4 Å². The van der Waals surface area contributed by atoms with Gasteiger partial charge in [-0.3, -0.25) is 14.6 Å². The molecule has 0 aromatic heterocycles. The summed E-state index contributed by atoms with van der Waals surface area (Å²) in [6, 6.07) is 15.8. The van der Waals surface area contributed by atoms with E-state index in [1.807, 2.05) is 45.0 Å². The highest BCUT2D eigenvalue weighted by Gasteiger charge is 2.40. The van der Waals surface area contributed by atoms with Crippen LogP contribution in [0.4, 0.5) is 9.59 Å². The molecule has 5 rings (SSSR count). The van der Waals surface area contributed by atoms with Crippen molar-refractivity contribution in [1.82, 2.24) is 20.0 Å². The summed E-state index contributed by atoms with van der Waals surface area (Å²) in [5, 5.41) is 3.07. The van der Waals surface area contributed by atoms with Gasteiger partial charge in [0.25, 0.3) is 0 Å². The number of hydrogen-bond donors (Lipinski definition) is 1. The predicted molar refractivity (Wildman–Crippen MR) is 157 cm³/mol. The Morgan fingerprint density at radius 1 is 0.927 bits per heavy atom. The largest absolute Gasteiger partial charge is 0.448 e. The van der Waals surface area contributed by atoms with Crippen LogP contribution in [-0.2, 0) is 14.3 Å². The molecule has 0 bridgehead atoms. The third-order valence-electron chi connectivity index (χ3n) is 8.32. The number of fused-ring (bicyclic) bond motifs is 3. The summed E-state index contributed by atoms with van der Waals surface area (Å²) in [7, 11) is 0. The first kappa shape index (κ1) is 28.9. The van der Waals surface area contributed by atoms with E-state index in [2.05, 4.69) is 41.4 Å². The predicted octanol–water partition coefficient (Wildman–Crippen LogP) is 4.46. The Morgan fingerprint density at radius 3 is 2.22 bits per heavy atom. The average Bonchev–Trinajstić information content (AvgIpc) is 3.55. The van der Waals surface area contributed by atoms with Gasteiger partial charge < -0.3 is 19.7 Å². The first-order valence-electron chi connectivity index (χ1n) is 14.8. The van der Waals surface area contributed by atoms with Gasteiger partial charge in [0.1, 0.15) is 18.2 Å². The quantitative estimate of drug-likeness (QED) is 0.559. The van der Waals surface area contributed by atoms with Crippen molar-refractivity contribution < 1.29 is 23.9 Å². The Bertz CT molecular complexity index is 1230. The molecule has 3 aliphatic rings. The lowest BCUT2D eigenvalue weighted by Gasteiger charge is -2.40. The molecule has 220 valence electrons. The topological polar surface area (TPSA) is 91.4 Å². The van der Waals surface area contributed by atoms with Gasteiger partial charge in [0.2, 0.25) is 5.91 Å². The normalized spacial score (nSPS) is 20.9. The van der Waals surface area contributed by atoms with Gasteiger partial charge in [-0.2, -0.15) is 0 Å². The Hall–Kier alpha value is -3.59. The fourth-order valence-corrected chi connectivity index (χ4v) is 6.27. The van der Waals surface area contributed by atoms with E-state index in [4.69, 9.17) is 9.47 Å². The molecule has 0 spiro atoms. The molecule has 2 fully saturated rings. The van der Waals surface area contributed by atoms with Crippen LogP contribution >= 0.6 is 0 Å². The first-order chi connectivity index (χ1) is 19.7. The lowest BCUT2D eigenvalue weighted by molar-refractivity contribution is -0.128. The molecular formula is C32H42N4O5. The SMILES string of the molecule is CCN1CCCC1CNC(=O)C1CN(C(=O)OC(C)(C)C)CCN1C(=O)OCC1c2ccccc2-c2ccccc21. The zero-order valence-corrected chi connectivity index (χ0v) is 24.6. The number of carbonyl (C=O) groups excluding carboxylic acids is 3. The maximum Gasteiger partial charge on any atom is 0.410 e. The number of piperazine rings is 1. The molecule has 41 heavy (non-hydrogen) atoms. The molecule has 9 nitrogen and oxygen atoms in total. The Balaban J connectivity index is 1.29. The zero-order valence-electron chi connectivity index (χ0n) is 24.6. The Kier molecular flexibility index (Phi) is 8.54. The first-order valence-corrected chi connectivity index (χ1v) is 14.8. The smallest absolute Gasteiger partial charge is 0.410 e. The van der Waals surface area contributed by atoms with Crippen molar-refractivity contribution in [2.24, 2.45) is 0 Å². The van der Waals surface area contributed by atoms with Gasteiger partial charge in [-0.05, 0) is 69.0 Å². The molecule has 2 aromatic rings. The van der Waals surface area contributed by atoms with Crippen LogP contribution in [0.3, 0.4) is 0 Å². The minimum Gasteiger partial charge on any atom is -0.448 e. The number of ether oxygens (including phenoxy) is 2. The van der Waals surface area contributed by atoms with Gasteiger partial charge in [-0.25, -0.2) is 9.59 Å². The highest BCUT2D eigenvalue weighted by atomic mass is 16.6. The number of amides is 3. The molecule has 2 aliphatic heterocycles. The molecule has 1 aliphatic carbocycles.